The lowest BCUT2D eigenvalue weighted by Crippen LogP contribution is -2.55. The van der Waals surface area contributed by atoms with Crippen LogP contribution in [0.25, 0.3) is 0 Å². The molecule has 2 nitrogen and oxygen atoms in total. The lowest BCUT2D eigenvalue weighted by atomic mass is 9.71. The van der Waals surface area contributed by atoms with Gasteiger partial charge in [0.15, 0.2) is 0 Å². The summed E-state index contributed by atoms with van der Waals surface area (Å²) in [4.78, 5) is 14.5. The number of fused-ring (bicyclic) bond motifs is 1. The lowest BCUT2D eigenvalue weighted by Gasteiger charge is -2.48. The zero-order valence-electron chi connectivity index (χ0n) is 10.7. The van der Waals surface area contributed by atoms with Crippen LogP contribution in [-0.4, -0.2) is 23.4 Å². The van der Waals surface area contributed by atoms with Crippen LogP contribution in [0.4, 0.5) is 0 Å². The molecule has 1 amide bonds. The summed E-state index contributed by atoms with van der Waals surface area (Å²) in [5.41, 5.74) is -0.151. The van der Waals surface area contributed by atoms with Gasteiger partial charge in [0, 0.05) is 12.0 Å². The highest BCUT2D eigenvalue weighted by Crippen LogP contribution is 2.41. The minimum atomic E-state index is -0.151. The van der Waals surface area contributed by atoms with Crippen molar-refractivity contribution in [3.8, 4) is 0 Å². The summed E-state index contributed by atoms with van der Waals surface area (Å²) >= 11 is 0. The second kappa shape index (κ2) is 4.23. The van der Waals surface area contributed by atoms with E-state index in [9.17, 15) is 4.79 Å². The van der Waals surface area contributed by atoms with Gasteiger partial charge in [0.2, 0.25) is 5.91 Å². The fourth-order valence-corrected chi connectivity index (χ4v) is 3.21. The molecule has 1 saturated heterocycles. The average molecular weight is 221 g/mol. The van der Waals surface area contributed by atoms with Gasteiger partial charge in [-0.3, -0.25) is 4.79 Å². The molecule has 0 aromatic carbocycles. The third-order valence-electron chi connectivity index (χ3n) is 3.96. The molecule has 0 aromatic heterocycles. The second-order valence-corrected chi connectivity index (χ2v) is 5.84. The largest absolute Gasteiger partial charge is 0.336 e. The smallest absolute Gasteiger partial charge is 0.228 e. The van der Waals surface area contributed by atoms with Crippen LogP contribution in [0.1, 0.15) is 46.5 Å². The van der Waals surface area contributed by atoms with Crippen molar-refractivity contribution in [3.05, 3.63) is 12.2 Å². The van der Waals surface area contributed by atoms with Crippen LogP contribution in [0.5, 0.6) is 0 Å². The number of amides is 1. The first-order chi connectivity index (χ1) is 7.56. The molecule has 0 spiro atoms. The molecule has 1 aliphatic carbocycles. The second-order valence-electron chi connectivity index (χ2n) is 5.84. The highest BCUT2D eigenvalue weighted by molar-refractivity contribution is 5.83. The summed E-state index contributed by atoms with van der Waals surface area (Å²) in [5.74, 6) is 1.03. The number of piperidine rings is 1. The number of carbonyl (C=O) groups excluding carboxylic acids is 1. The molecule has 1 fully saturated rings. The van der Waals surface area contributed by atoms with Crippen molar-refractivity contribution in [2.75, 3.05) is 6.54 Å². The van der Waals surface area contributed by atoms with Crippen molar-refractivity contribution in [1.29, 1.82) is 0 Å². The van der Waals surface area contributed by atoms with Crippen LogP contribution >= 0.6 is 0 Å². The van der Waals surface area contributed by atoms with Gasteiger partial charge >= 0.3 is 0 Å². The topological polar surface area (TPSA) is 20.3 Å². The Morgan fingerprint density at radius 2 is 2.25 bits per heavy atom. The zero-order chi connectivity index (χ0) is 11.8. The van der Waals surface area contributed by atoms with E-state index in [0.717, 1.165) is 19.4 Å². The molecule has 0 aromatic rings. The van der Waals surface area contributed by atoms with Gasteiger partial charge in [0.1, 0.15) is 0 Å². The van der Waals surface area contributed by atoms with E-state index >= 15 is 0 Å². The molecule has 90 valence electrons. The Hall–Kier alpha value is -0.790. The third-order valence-corrected chi connectivity index (χ3v) is 3.96. The Kier molecular flexibility index (Phi) is 3.09. The molecule has 0 radical (unpaired) electrons. The highest BCUT2D eigenvalue weighted by Gasteiger charge is 2.44. The summed E-state index contributed by atoms with van der Waals surface area (Å²) in [7, 11) is 0. The number of hydrogen-bond acceptors (Lipinski definition) is 1. The molecule has 1 heterocycles. The SMILES string of the molecule is CCCN1C(=O)C(C)(C)C[C@@H]2CCC=C[C@@H]21. The quantitative estimate of drug-likeness (QED) is 0.656. The first kappa shape index (κ1) is 11.7. The van der Waals surface area contributed by atoms with Crippen molar-refractivity contribution >= 4 is 5.91 Å². The molecule has 16 heavy (non-hydrogen) atoms. The van der Waals surface area contributed by atoms with Crippen molar-refractivity contribution in [1.82, 2.24) is 4.90 Å². The van der Waals surface area contributed by atoms with E-state index in [1.807, 2.05) is 0 Å². The summed E-state index contributed by atoms with van der Waals surface area (Å²) in [6, 6.07) is 0.384. The number of nitrogens with zero attached hydrogens (tertiary/aromatic N) is 1. The fraction of sp³-hybridized carbons (Fsp3) is 0.786. The van der Waals surface area contributed by atoms with Crippen molar-refractivity contribution in [2.45, 2.75) is 52.5 Å². The molecule has 2 atom stereocenters. The van der Waals surface area contributed by atoms with E-state index < -0.39 is 0 Å². The molecule has 0 saturated carbocycles. The fourth-order valence-electron chi connectivity index (χ4n) is 3.21. The molecule has 0 bridgehead atoms. The van der Waals surface area contributed by atoms with E-state index in [0.29, 0.717) is 17.9 Å². The summed E-state index contributed by atoms with van der Waals surface area (Å²) in [6.07, 6.45) is 9.05. The number of hydrogen-bond donors (Lipinski definition) is 0. The molecule has 0 N–H and O–H groups in total. The molecule has 2 heteroatoms. The summed E-state index contributed by atoms with van der Waals surface area (Å²) < 4.78 is 0. The van der Waals surface area contributed by atoms with Crippen LogP contribution in [0.2, 0.25) is 0 Å². The lowest BCUT2D eigenvalue weighted by molar-refractivity contribution is -0.150. The average Bonchev–Trinajstić information content (AvgIpc) is 2.24. The van der Waals surface area contributed by atoms with Crippen LogP contribution in [0.3, 0.4) is 0 Å². The van der Waals surface area contributed by atoms with Gasteiger partial charge in [0.05, 0.1) is 6.04 Å². The summed E-state index contributed by atoms with van der Waals surface area (Å²) in [6.45, 7) is 7.27. The maximum Gasteiger partial charge on any atom is 0.228 e. The van der Waals surface area contributed by atoms with Crippen molar-refractivity contribution in [2.24, 2.45) is 11.3 Å². The normalized spacial score (nSPS) is 32.7. The van der Waals surface area contributed by atoms with Crippen LogP contribution in [0, 0.1) is 11.3 Å². The zero-order valence-corrected chi connectivity index (χ0v) is 10.7. The van der Waals surface area contributed by atoms with Crippen molar-refractivity contribution < 1.29 is 4.79 Å². The van der Waals surface area contributed by atoms with Gasteiger partial charge in [-0.2, -0.15) is 0 Å². The van der Waals surface area contributed by atoms with Gasteiger partial charge in [-0.25, -0.2) is 0 Å². The number of carbonyl (C=O) groups is 1. The maximum absolute atomic E-state index is 12.4. The molecule has 0 unspecified atom stereocenters. The first-order valence-corrected chi connectivity index (χ1v) is 6.54. The molecular weight excluding hydrogens is 198 g/mol. The van der Waals surface area contributed by atoms with E-state index in [4.69, 9.17) is 0 Å². The Labute approximate surface area is 98.7 Å². The van der Waals surface area contributed by atoms with Gasteiger partial charge in [0.25, 0.3) is 0 Å². The molecule has 2 aliphatic rings. The van der Waals surface area contributed by atoms with Crippen LogP contribution in [0.15, 0.2) is 12.2 Å². The van der Waals surface area contributed by atoms with E-state index in [2.05, 4.69) is 37.8 Å². The molecular formula is C14H23NO. The van der Waals surface area contributed by atoms with Crippen molar-refractivity contribution in [3.63, 3.8) is 0 Å². The van der Waals surface area contributed by atoms with E-state index in [1.54, 1.807) is 0 Å². The Bertz CT molecular complexity index is 306. The van der Waals surface area contributed by atoms with Crippen LogP contribution in [-0.2, 0) is 4.79 Å². The Morgan fingerprint density at radius 3 is 2.94 bits per heavy atom. The third kappa shape index (κ3) is 1.90. The first-order valence-electron chi connectivity index (χ1n) is 6.54. The van der Waals surface area contributed by atoms with E-state index in [1.165, 1.54) is 12.8 Å². The number of allylic oxidation sites excluding steroid dienone is 1. The predicted molar refractivity (Wildman–Crippen MR) is 66.1 cm³/mol. The highest BCUT2D eigenvalue weighted by atomic mass is 16.2. The Morgan fingerprint density at radius 1 is 1.50 bits per heavy atom. The van der Waals surface area contributed by atoms with Gasteiger partial charge in [-0.1, -0.05) is 32.9 Å². The minimum Gasteiger partial charge on any atom is -0.336 e. The maximum atomic E-state index is 12.4. The van der Waals surface area contributed by atoms with Gasteiger partial charge in [-0.05, 0) is 31.6 Å². The predicted octanol–water partition coefficient (Wildman–Crippen LogP) is 2.99. The van der Waals surface area contributed by atoms with Gasteiger partial charge in [-0.15, -0.1) is 0 Å². The van der Waals surface area contributed by atoms with E-state index in [-0.39, 0.29) is 5.41 Å². The monoisotopic (exact) mass is 221 g/mol. The number of likely N-dealkylation sites (tertiary alicyclic amines) is 1. The van der Waals surface area contributed by atoms with Crippen LogP contribution < -0.4 is 0 Å². The van der Waals surface area contributed by atoms with Gasteiger partial charge < -0.3 is 4.90 Å². The minimum absolute atomic E-state index is 0.151. The molecule has 2 rings (SSSR count). The summed E-state index contributed by atoms with van der Waals surface area (Å²) in [5, 5.41) is 0. The Balaban J connectivity index is 2.26. The molecule has 1 aliphatic heterocycles. The number of rotatable bonds is 2. The standard InChI is InChI=1S/C14H23NO/c1-4-9-15-12-8-6-5-7-11(12)10-14(2,3)13(15)16/h6,8,11-12H,4-5,7,9-10H2,1-3H3/t11-,12-/m0/s1.